The molecular weight excluding hydrogens is 476 g/mol. The number of esters is 1. The molecule has 6 nitrogen and oxygen atoms in total. The molecule has 1 heterocycles. The molecule has 0 saturated heterocycles. The number of carbonyl (C=O) groups is 1. The van der Waals surface area contributed by atoms with E-state index in [1.807, 2.05) is 68.4 Å². The van der Waals surface area contributed by atoms with E-state index in [2.05, 4.69) is 6.07 Å². The summed E-state index contributed by atoms with van der Waals surface area (Å²) < 4.78 is 17.4. The molecule has 188 valence electrons. The number of carbonyl (C=O) groups excluding carboxylic acids is 1. The van der Waals surface area contributed by atoms with Gasteiger partial charge in [0.15, 0.2) is 0 Å². The van der Waals surface area contributed by atoms with Crippen molar-refractivity contribution in [2.75, 3.05) is 0 Å². The van der Waals surface area contributed by atoms with Gasteiger partial charge in [-0.1, -0.05) is 65.7 Å². The highest BCUT2D eigenvalue weighted by Gasteiger charge is 2.31. The zero-order valence-electron chi connectivity index (χ0n) is 21.1. The smallest absolute Gasteiger partial charge is 0.343 e. The Morgan fingerprint density at radius 1 is 0.921 bits per heavy atom. The van der Waals surface area contributed by atoms with Crippen LogP contribution in [0.25, 0.3) is 0 Å². The van der Waals surface area contributed by atoms with Crippen LogP contribution >= 0.6 is 0 Å². The number of nitriles is 1. The van der Waals surface area contributed by atoms with Gasteiger partial charge in [0, 0.05) is 11.6 Å². The maximum absolute atomic E-state index is 12.6. The minimum Gasteiger partial charge on any atom is -0.489 e. The van der Waals surface area contributed by atoms with E-state index >= 15 is 0 Å². The second kappa shape index (κ2) is 10.5. The van der Waals surface area contributed by atoms with Crippen molar-refractivity contribution in [3.8, 4) is 23.3 Å². The third-order valence-corrected chi connectivity index (χ3v) is 6.37. The molecule has 0 radical (unpaired) electrons. The number of allylic oxidation sites excluding steroid dienone is 1. The standard InChI is InChI=1S/C32H26N2O4/c1-20-9-11-22(12-10-20)19-36-25-8-4-6-23(16-25)30-27-14-13-26(17-29(27)38-31(34)28(30)18-33)37-32(35)24-7-3-5-21(2)15-24/h3-17,30H,19,34H2,1-2H3. The molecule has 2 N–H and O–H groups in total. The minimum absolute atomic E-state index is 0.0122. The number of aryl methyl sites for hydroxylation is 2. The van der Waals surface area contributed by atoms with E-state index in [4.69, 9.17) is 19.9 Å². The normalized spacial score (nSPS) is 14.2. The lowest BCUT2D eigenvalue weighted by atomic mass is 9.83. The fraction of sp³-hybridized carbons (Fsp3) is 0.125. The lowest BCUT2D eigenvalue weighted by Gasteiger charge is -2.27. The quantitative estimate of drug-likeness (QED) is 0.245. The van der Waals surface area contributed by atoms with Gasteiger partial charge in [-0.15, -0.1) is 0 Å². The summed E-state index contributed by atoms with van der Waals surface area (Å²) in [6, 6.07) is 30.3. The molecule has 38 heavy (non-hydrogen) atoms. The third-order valence-electron chi connectivity index (χ3n) is 6.37. The summed E-state index contributed by atoms with van der Waals surface area (Å²) in [4.78, 5) is 12.6. The highest BCUT2D eigenvalue weighted by Crippen LogP contribution is 2.44. The zero-order chi connectivity index (χ0) is 26.6. The van der Waals surface area contributed by atoms with Crippen LogP contribution in [-0.2, 0) is 6.61 Å². The number of ether oxygens (including phenoxy) is 3. The van der Waals surface area contributed by atoms with E-state index in [1.54, 1.807) is 36.4 Å². The van der Waals surface area contributed by atoms with Crippen LogP contribution in [0.2, 0.25) is 0 Å². The molecule has 0 aromatic heterocycles. The highest BCUT2D eigenvalue weighted by atomic mass is 16.5. The summed E-state index contributed by atoms with van der Waals surface area (Å²) in [6.07, 6.45) is 0. The molecule has 4 aromatic rings. The van der Waals surface area contributed by atoms with Crippen molar-refractivity contribution in [3.05, 3.63) is 136 Å². The summed E-state index contributed by atoms with van der Waals surface area (Å²) >= 11 is 0. The average molecular weight is 503 g/mol. The average Bonchev–Trinajstić information content (AvgIpc) is 2.92. The molecule has 0 amide bonds. The van der Waals surface area contributed by atoms with E-state index in [-0.39, 0.29) is 5.88 Å². The molecule has 1 aliphatic rings. The summed E-state index contributed by atoms with van der Waals surface area (Å²) in [5, 5.41) is 9.92. The monoisotopic (exact) mass is 502 g/mol. The van der Waals surface area contributed by atoms with Crippen LogP contribution in [0, 0.1) is 25.2 Å². The molecule has 0 spiro atoms. The first-order valence-electron chi connectivity index (χ1n) is 12.2. The molecule has 5 rings (SSSR count). The third kappa shape index (κ3) is 5.23. The van der Waals surface area contributed by atoms with Gasteiger partial charge in [0.05, 0.1) is 11.5 Å². The van der Waals surface area contributed by atoms with Crippen molar-refractivity contribution >= 4 is 5.97 Å². The van der Waals surface area contributed by atoms with Crippen molar-refractivity contribution in [1.29, 1.82) is 5.26 Å². The molecule has 4 aromatic carbocycles. The fourth-order valence-corrected chi connectivity index (χ4v) is 4.41. The van der Waals surface area contributed by atoms with E-state index in [1.165, 1.54) is 5.56 Å². The predicted octanol–water partition coefficient (Wildman–Crippen LogP) is 6.32. The molecule has 0 fully saturated rings. The maximum Gasteiger partial charge on any atom is 0.343 e. The van der Waals surface area contributed by atoms with Crippen molar-refractivity contribution in [1.82, 2.24) is 0 Å². The SMILES string of the molecule is Cc1ccc(COc2cccc(C3C(C#N)=C(N)Oc4cc(OC(=O)c5cccc(C)c5)ccc43)c2)cc1. The van der Waals surface area contributed by atoms with E-state index in [0.29, 0.717) is 35.0 Å². The van der Waals surface area contributed by atoms with E-state index in [0.717, 1.165) is 22.3 Å². The van der Waals surface area contributed by atoms with Gasteiger partial charge in [-0.05, 0) is 55.3 Å². The zero-order valence-corrected chi connectivity index (χ0v) is 21.1. The number of fused-ring (bicyclic) bond motifs is 1. The Morgan fingerprint density at radius 3 is 2.47 bits per heavy atom. The fourth-order valence-electron chi connectivity index (χ4n) is 4.41. The van der Waals surface area contributed by atoms with Crippen molar-refractivity contribution in [3.63, 3.8) is 0 Å². The highest BCUT2D eigenvalue weighted by molar-refractivity contribution is 5.91. The van der Waals surface area contributed by atoms with Gasteiger partial charge in [0.2, 0.25) is 5.88 Å². The first kappa shape index (κ1) is 24.7. The summed E-state index contributed by atoms with van der Waals surface area (Å²) in [5.74, 6) is 0.493. The van der Waals surface area contributed by atoms with Gasteiger partial charge < -0.3 is 19.9 Å². The number of benzene rings is 4. The predicted molar refractivity (Wildman–Crippen MR) is 144 cm³/mol. The van der Waals surface area contributed by atoms with Gasteiger partial charge in [-0.2, -0.15) is 5.26 Å². The molecular formula is C32H26N2O4. The maximum atomic E-state index is 12.6. The number of hydrogen-bond donors (Lipinski definition) is 1. The van der Waals surface area contributed by atoms with Crippen LogP contribution < -0.4 is 19.9 Å². The number of hydrogen-bond acceptors (Lipinski definition) is 6. The van der Waals surface area contributed by atoms with E-state index in [9.17, 15) is 10.1 Å². The Labute approximate surface area is 221 Å². The lowest BCUT2D eigenvalue weighted by Crippen LogP contribution is -2.21. The van der Waals surface area contributed by atoms with Crippen molar-refractivity contribution < 1.29 is 19.0 Å². The van der Waals surface area contributed by atoms with Gasteiger partial charge in [-0.25, -0.2) is 4.79 Å². The topological polar surface area (TPSA) is 94.6 Å². The number of nitrogens with zero attached hydrogens (tertiary/aromatic N) is 1. The Balaban J connectivity index is 1.42. The Hall–Kier alpha value is -5.02. The van der Waals surface area contributed by atoms with Crippen LogP contribution in [0.5, 0.6) is 17.2 Å². The Morgan fingerprint density at radius 2 is 1.71 bits per heavy atom. The summed E-state index contributed by atoms with van der Waals surface area (Å²) in [5.41, 5.74) is 11.7. The summed E-state index contributed by atoms with van der Waals surface area (Å²) in [7, 11) is 0. The van der Waals surface area contributed by atoms with E-state index < -0.39 is 11.9 Å². The van der Waals surface area contributed by atoms with Crippen molar-refractivity contribution in [2.45, 2.75) is 26.4 Å². The minimum atomic E-state index is -0.472. The Bertz CT molecular complexity index is 1580. The van der Waals surface area contributed by atoms with Crippen LogP contribution in [-0.4, -0.2) is 5.97 Å². The second-order valence-corrected chi connectivity index (χ2v) is 9.23. The molecule has 6 heteroatoms. The number of nitrogens with two attached hydrogens (primary N) is 1. The molecule has 0 saturated carbocycles. The van der Waals surface area contributed by atoms with Crippen LogP contribution in [0.4, 0.5) is 0 Å². The van der Waals surface area contributed by atoms with Crippen LogP contribution in [0.3, 0.4) is 0 Å². The van der Waals surface area contributed by atoms with Gasteiger partial charge in [0.25, 0.3) is 0 Å². The first-order chi connectivity index (χ1) is 18.4. The lowest BCUT2D eigenvalue weighted by molar-refractivity contribution is 0.0734. The molecule has 1 aliphatic heterocycles. The van der Waals surface area contributed by atoms with Crippen LogP contribution in [0.15, 0.2) is 102 Å². The first-order valence-corrected chi connectivity index (χ1v) is 12.2. The van der Waals surface area contributed by atoms with Crippen LogP contribution in [0.1, 0.15) is 44.1 Å². The molecule has 0 aliphatic carbocycles. The second-order valence-electron chi connectivity index (χ2n) is 9.23. The summed E-state index contributed by atoms with van der Waals surface area (Å²) in [6.45, 7) is 4.38. The van der Waals surface area contributed by atoms with Gasteiger partial charge in [-0.3, -0.25) is 0 Å². The molecule has 1 atom stereocenters. The molecule has 1 unspecified atom stereocenters. The Kier molecular flexibility index (Phi) is 6.84. The largest absolute Gasteiger partial charge is 0.489 e. The number of rotatable bonds is 6. The van der Waals surface area contributed by atoms with Crippen molar-refractivity contribution in [2.24, 2.45) is 5.73 Å². The van der Waals surface area contributed by atoms with Gasteiger partial charge in [0.1, 0.15) is 35.5 Å². The van der Waals surface area contributed by atoms with Gasteiger partial charge >= 0.3 is 5.97 Å². The molecule has 0 bridgehead atoms.